The molecule has 0 atom stereocenters. The normalized spacial score (nSPS) is 18.5. The highest BCUT2D eigenvalue weighted by Crippen LogP contribution is 2.27. The molecule has 2 saturated carbocycles. The lowest BCUT2D eigenvalue weighted by Gasteiger charge is -2.21. The smallest absolute Gasteiger partial charge is 0.227 e. The van der Waals surface area contributed by atoms with E-state index in [9.17, 15) is 22.4 Å². The molecule has 0 aromatic heterocycles. The number of carbonyl (C=O) groups excluding carboxylic acids is 2. The van der Waals surface area contributed by atoms with Crippen LogP contribution in [-0.2, 0) is 19.4 Å². The van der Waals surface area contributed by atoms with Crippen molar-refractivity contribution in [1.29, 1.82) is 0 Å². The molecule has 1 aromatic rings. The highest BCUT2D eigenvalue weighted by molar-refractivity contribution is 7.92. The number of amides is 2. The molecule has 0 heterocycles. The summed E-state index contributed by atoms with van der Waals surface area (Å²) in [6.07, 6.45) is 7.77. The number of benzene rings is 1. The van der Waals surface area contributed by atoms with E-state index in [1.54, 1.807) is 0 Å². The minimum absolute atomic E-state index is 0.0250. The first kappa shape index (κ1) is 21.7. The highest BCUT2D eigenvalue weighted by atomic mass is 32.2. The van der Waals surface area contributed by atoms with Gasteiger partial charge in [-0.2, -0.15) is 0 Å². The van der Waals surface area contributed by atoms with Crippen LogP contribution in [-0.4, -0.2) is 31.2 Å². The van der Waals surface area contributed by atoms with Gasteiger partial charge in [-0.15, -0.1) is 0 Å². The highest BCUT2D eigenvalue weighted by Gasteiger charge is 2.29. The largest absolute Gasteiger partial charge is 0.326 e. The van der Waals surface area contributed by atoms with Crippen LogP contribution in [0.3, 0.4) is 0 Å². The van der Waals surface area contributed by atoms with Crippen LogP contribution in [0, 0.1) is 11.7 Å². The number of hydrogen-bond donors (Lipinski definition) is 2. The molecule has 6 nitrogen and oxygen atoms in total. The van der Waals surface area contributed by atoms with E-state index >= 15 is 0 Å². The van der Waals surface area contributed by atoms with Gasteiger partial charge in [0.2, 0.25) is 11.8 Å². The van der Waals surface area contributed by atoms with Gasteiger partial charge in [-0.05, 0) is 43.9 Å². The van der Waals surface area contributed by atoms with Crippen LogP contribution < -0.4 is 10.6 Å². The van der Waals surface area contributed by atoms with Gasteiger partial charge in [0.1, 0.15) is 5.82 Å². The summed E-state index contributed by atoms with van der Waals surface area (Å²) in [4.78, 5) is 24.5. The van der Waals surface area contributed by atoms with Crippen molar-refractivity contribution in [3.05, 3.63) is 24.0 Å². The van der Waals surface area contributed by atoms with E-state index in [1.807, 2.05) is 0 Å². The number of rotatable bonds is 7. The lowest BCUT2D eigenvalue weighted by molar-refractivity contribution is -0.120. The van der Waals surface area contributed by atoms with Crippen LogP contribution in [0.25, 0.3) is 0 Å². The monoisotopic (exact) mass is 424 g/mol. The van der Waals surface area contributed by atoms with Gasteiger partial charge in [-0.25, -0.2) is 12.8 Å². The van der Waals surface area contributed by atoms with E-state index in [0.29, 0.717) is 18.5 Å². The van der Waals surface area contributed by atoms with Crippen LogP contribution in [0.4, 0.5) is 15.8 Å². The minimum atomic E-state index is -3.27. The third-order valence-electron chi connectivity index (χ3n) is 5.91. The molecular weight excluding hydrogens is 395 g/mol. The van der Waals surface area contributed by atoms with E-state index in [4.69, 9.17) is 0 Å². The zero-order chi connectivity index (χ0) is 20.9. The first-order chi connectivity index (χ1) is 13.8. The number of sulfone groups is 1. The SMILES string of the molecule is O=C(CCS(=O)(=O)C1CCCC1)Nc1ccc(F)c(NC(=O)C2CCCCC2)c1. The van der Waals surface area contributed by atoms with Crippen LogP contribution in [0.2, 0.25) is 0 Å². The molecule has 29 heavy (non-hydrogen) atoms. The summed E-state index contributed by atoms with van der Waals surface area (Å²) in [5.74, 6) is -1.51. The standard InChI is InChI=1S/C21H29FN2O4S/c22-18-11-10-16(14-19(18)24-21(26)15-6-2-1-3-7-15)23-20(25)12-13-29(27,28)17-8-4-5-9-17/h10-11,14-15,17H,1-9,12-13H2,(H,23,25)(H,24,26). The molecule has 3 rings (SSSR count). The van der Waals surface area contributed by atoms with Crippen LogP contribution in [0.5, 0.6) is 0 Å². The second-order valence-corrected chi connectivity index (χ2v) is 10.5. The summed E-state index contributed by atoms with van der Waals surface area (Å²) in [5, 5.41) is 4.90. The van der Waals surface area contributed by atoms with Crippen molar-refractivity contribution < 1.29 is 22.4 Å². The van der Waals surface area contributed by atoms with Gasteiger partial charge in [0.25, 0.3) is 0 Å². The molecule has 2 amide bonds. The topological polar surface area (TPSA) is 92.3 Å². The van der Waals surface area contributed by atoms with E-state index in [-0.39, 0.29) is 34.9 Å². The fourth-order valence-corrected chi connectivity index (χ4v) is 6.03. The predicted octanol–water partition coefficient (Wildman–Crippen LogP) is 4.03. The maximum atomic E-state index is 14.1. The fourth-order valence-electron chi connectivity index (χ4n) is 4.17. The van der Waals surface area contributed by atoms with E-state index in [0.717, 1.165) is 44.9 Å². The van der Waals surface area contributed by atoms with Gasteiger partial charge < -0.3 is 10.6 Å². The summed E-state index contributed by atoms with van der Waals surface area (Å²) in [6.45, 7) is 0. The van der Waals surface area contributed by atoms with Crippen molar-refractivity contribution in [2.75, 3.05) is 16.4 Å². The maximum absolute atomic E-state index is 14.1. The Hall–Kier alpha value is -1.96. The summed E-state index contributed by atoms with van der Waals surface area (Å²) >= 11 is 0. The van der Waals surface area contributed by atoms with Crippen molar-refractivity contribution in [3.8, 4) is 0 Å². The number of anilines is 2. The van der Waals surface area contributed by atoms with Gasteiger partial charge in [0, 0.05) is 18.0 Å². The number of carbonyl (C=O) groups is 2. The molecule has 2 aliphatic carbocycles. The van der Waals surface area contributed by atoms with Gasteiger partial charge >= 0.3 is 0 Å². The minimum Gasteiger partial charge on any atom is -0.326 e. The molecule has 8 heteroatoms. The van der Waals surface area contributed by atoms with Gasteiger partial charge in [-0.1, -0.05) is 32.1 Å². The Morgan fingerprint density at radius 1 is 0.966 bits per heavy atom. The zero-order valence-electron chi connectivity index (χ0n) is 16.6. The van der Waals surface area contributed by atoms with Crippen molar-refractivity contribution >= 4 is 33.0 Å². The van der Waals surface area contributed by atoms with E-state index < -0.39 is 21.6 Å². The third-order valence-corrected chi connectivity index (χ3v) is 8.17. The average Bonchev–Trinajstić information content (AvgIpc) is 3.26. The molecule has 1 aromatic carbocycles. The quantitative estimate of drug-likeness (QED) is 0.691. The number of hydrogen-bond acceptors (Lipinski definition) is 4. The molecule has 0 unspecified atom stereocenters. The van der Waals surface area contributed by atoms with E-state index in [1.165, 1.54) is 18.2 Å². The van der Waals surface area contributed by atoms with Crippen LogP contribution in [0.1, 0.15) is 64.2 Å². The molecule has 0 aliphatic heterocycles. The molecule has 2 aliphatic rings. The summed E-state index contributed by atoms with van der Waals surface area (Å²) in [5.41, 5.74) is 0.352. The molecule has 0 bridgehead atoms. The lowest BCUT2D eigenvalue weighted by atomic mass is 9.88. The molecule has 2 N–H and O–H groups in total. The Kier molecular flexibility index (Phi) is 7.27. The second-order valence-electron chi connectivity index (χ2n) is 8.09. The van der Waals surface area contributed by atoms with Crippen molar-refractivity contribution in [2.45, 2.75) is 69.5 Å². The Bertz CT molecular complexity index is 844. The Morgan fingerprint density at radius 3 is 2.31 bits per heavy atom. The van der Waals surface area contributed by atoms with Crippen molar-refractivity contribution in [1.82, 2.24) is 0 Å². The summed E-state index contributed by atoms with van der Waals surface area (Å²) < 4.78 is 38.7. The second kappa shape index (κ2) is 9.69. The van der Waals surface area contributed by atoms with Gasteiger partial charge in [-0.3, -0.25) is 9.59 Å². The first-order valence-corrected chi connectivity index (χ1v) is 12.2. The van der Waals surface area contributed by atoms with E-state index in [2.05, 4.69) is 10.6 Å². The predicted molar refractivity (Wildman–Crippen MR) is 111 cm³/mol. The number of nitrogens with one attached hydrogen (secondary N) is 2. The zero-order valence-corrected chi connectivity index (χ0v) is 17.4. The summed E-state index contributed by atoms with van der Waals surface area (Å²) in [7, 11) is -3.27. The Labute approximate surface area is 171 Å². The molecule has 0 radical (unpaired) electrons. The lowest BCUT2D eigenvalue weighted by Crippen LogP contribution is -2.25. The van der Waals surface area contributed by atoms with Crippen molar-refractivity contribution in [3.63, 3.8) is 0 Å². The molecular formula is C21H29FN2O4S. The van der Waals surface area contributed by atoms with Gasteiger partial charge in [0.15, 0.2) is 9.84 Å². The van der Waals surface area contributed by atoms with Gasteiger partial charge in [0.05, 0.1) is 16.7 Å². The Morgan fingerprint density at radius 2 is 1.62 bits per heavy atom. The molecule has 160 valence electrons. The number of halogens is 1. The summed E-state index contributed by atoms with van der Waals surface area (Å²) in [6, 6.07) is 3.95. The Balaban J connectivity index is 1.55. The first-order valence-electron chi connectivity index (χ1n) is 10.5. The fraction of sp³-hybridized carbons (Fsp3) is 0.619. The average molecular weight is 425 g/mol. The van der Waals surface area contributed by atoms with Crippen LogP contribution in [0.15, 0.2) is 18.2 Å². The molecule has 0 spiro atoms. The van der Waals surface area contributed by atoms with Crippen LogP contribution >= 0.6 is 0 Å². The maximum Gasteiger partial charge on any atom is 0.227 e. The molecule has 2 fully saturated rings. The molecule has 0 saturated heterocycles. The van der Waals surface area contributed by atoms with Crippen molar-refractivity contribution in [2.24, 2.45) is 5.92 Å². The third kappa shape index (κ3) is 6.01.